The average molecular weight is 168 g/mol. The van der Waals surface area contributed by atoms with E-state index >= 15 is 0 Å². The average Bonchev–Trinajstić information content (AvgIpc) is 2.05. The van der Waals surface area contributed by atoms with Gasteiger partial charge in [0, 0.05) is 18.9 Å². The van der Waals surface area contributed by atoms with Gasteiger partial charge in [-0.15, -0.1) is 6.58 Å². The van der Waals surface area contributed by atoms with E-state index in [1.165, 1.54) is 0 Å². The second-order valence-electron chi connectivity index (χ2n) is 2.19. The highest BCUT2D eigenvalue weighted by Crippen LogP contribution is 2.03. The van der Waals surface area contributed by atoms with E-state index in [2.05, 4.69) is 13.2 Å². The second kappa shape index (κ2) is 6.34. The summed E-state index contributed by atoms with van der Waals surface area (Å²) in [6, 6.07) is 0. The molecule has 0 aromatic heterocycles. The number of carbonyl (C=O) groups excluding carboxylic acids is 2. The van der Waals surface area contributed by atoms with Crippen molar-refractivity contribution in [1.29, 1.82) is 0 Å². The summed E-state index contributed by atoms with van der Waals surface area (Å²) in [4.78, 5) is 20.8. The molecular weight excluding hydrogens is 156 g/mol. The van der Waals surface area contributed by atoms with Crippen molar-refractivity contribution >= 4 is 12.3 Å². The van der Waals surface area contributed by atoms with E-state index in [0.717, 1.165) is 6.08 Å². The molecule has 0 fully saturated rings. The van der Waals surface area contributed by atoms with E-state index in [4.69, 9.17) is 4.74 Å². The van der Waals surface area contributed by atoms with Crippen molar-refractivity contribution in [2.45, 2.75) is 18.9 Å². The highest BCUT2D eigenvalue weighted by molar-refractivity contribution is 5.81. The molecule has 0 radical (unpaired) electrons. The number of hydrogen-bond acceptors (Lipinski definition) is 3. The maximum atomic E-state index is 10.7. The standard InChI is InChI=1S/C9H12O3/c1-3-5-8(6-7-10)12-9(11)4-2/h3-4,7-8H,1-2,5-6H2/t8-/m0/s1. The summed E-state index contributed by atoms with van der Waals surface area (Å²) >= 11 is 0. The summed E-state index contributed by atoms with van der Waals surface area (Å²) in [6.45, 7) is 6.73. The molecule has 1 atom stereocenters. The van der Waals surface area contributed by atoms with Crippen molar-refractivity contribution in [3.63, 3.8) is 0 Å². The fraction of sp³-hybridized carbons (Fsp3) is 0.333. The molecule has 0 aromatic carbocycles. The molecule has 0 aliphatic rings. The Morgan fingerprint density at radius 2 is 2.08 bits per heavy atom. The SMILES string of the molecule is C=CC[C@@H](CC=O)OC(=O)C=C. The topological polar surface area (TPSA) is 43.4 Å². The van der Waals surface area contributed by atoms with Crippen LogP contribution >= 0.6 is 0 Å². The van der Waals surface area contributed by atoms with Gasteiger partial charge in [-0.2, -0.15) is 0 Å². The molecule has 0 amide bonds. The van der Waals surface area contributed by atoms with Crippen molar-refractivity contribution in [1.82, 2.24) is 0 Å². The third-order valence-corrected chi connectivity index (χ3v) is 1.24. The zero-order chi connectivity index (χ0) is 9.40. The van der Waals surface area contributed by atoms with E-state index < -0.39 is 12.1 Å². The van der Waals surface area contributed by atoms with Gasteiger partial charge in [0.05, 0.1) is 0 Å². The molecule has 0 spiro atoms. The molecule has 3 nitrogen and oxygen atoms in total. The summed E-state index contributed by atoms with van der Waals surface area (Å²) in [5, 5.41) is 0. The monoisotopic (exact) mass is 168 g/mol. The Hall–Kier alpha value is -1.38. The van der Waals surface area contributed by atoms with Crippen molar-refractivity contribution < 1.29 is 14.3 Å². The van der Waals surface area contributed by atoms with Crippen LogP contribution in [0.25, 0.3) is 0 Å². The van der Waals surface area contributed by atoms with E-state index in [-0.39, 0.29) is 6.42 Å². The van der Waals surface area contributed by atoms with Crippen molar-refractivity contribution in [3.8, 4) is 0 Å². The number of esters is 1. The molecule has 66 valence electrons. The lowest BCUT2D eigenvalue weighted by Gasteiger charge is -2.11. The molecule has 0 aliphatic carbocycles. The Bertz CT molecular complexity index is 174. The zero-order valence-electron chi connectivity index (χ0n) is 6.86. The van der Waals surface area contributed by atoms with Crippen molar-refractivity contribution in [2.75, 3.05) is 0 Å². The Kier molecular flexibility index (Phi) is 5.61. The molecule has 0 rings (SSSR count). The van der Waals surface area contributed by atoms with E-state index in [9.17, 15) is 9.59 Å². The molecule has 3 heteroatoms. The van der Waals surface area contributed by atoms with Crippen molar-refractivity contribution in [2.24, 2.45) is 0 Å². The number of ether oxygens (including phenoxy) is 1. The fourth-order valence-corrected chi connectivity index (χ4v) is 0.698. The molecule has 0 aliphatic heterocycles. The maximum Gasteiger partial charge on any atom is 0.330 e. The summed E-state index contributed by atoms with van der Waals surface area (Å²) in [6.07, 6.45) is 3.67. The lowest BCUT2D eigenvalue weighted by molar-refractivity contribution is -0.143. The molecule has 0 saturated heterocycles. The van der Waals surface area contributed by atoms with Crippen LogP contribution in [0.5, 0.6) is 0 Å². The van der Waals surface area contributed by atoms with Crippen LogP contribution in [-0.4, -0.2) is 18.4 Å². The summed E-state index contributed by atoms with van der Waals surface area (Å²) in [5.41, 5.74) is 0. The minimum absolute atomic E-state index is 0.200. The summed E-state index contributed by atoms with van der Waals surface area (Å²) < 4.78 is 4.82. The lowest BCUT2D eigenvalue weighted by atomic mass is 10.2. The molecule has 0 heterocycles. The molecule has 0 aromatic rings. The zero-order valence-corrected chi connectivity index (χ0v) is 6.86. The summed E-state index contributed by atoms with van der Waals surface area (Å²) in [5.74, 6) is -0.510. The van der Waals surface area contributed by atoms with Gasteiger partial charge in [0.15, 0.2) is 0 Å². The largest absolute Gasteiger partial charge is 0.458 e. The van der Waals surface area contributed by atoms with Gasteiger partial charge in [0.1, 0.15) is 12.4 Å². The maximum absolute atomic E-state index is 10.7. The number of carbonyl (C=O) groups is 2. The number of hydrogen-bond donors (Lipinski definition) is 0. The number of rotatable bonds is 6. The minimum Gasteiger partial charge on any atom is -0.458 e. The quantitative estimate of drug-likeness (QED) is 0.259. The Labute approximate surface area is 71.7 Å². The van der Waals surface area contributed by atoms with Gasteiger partial charge < -0.3 is 9.53 Å². The molecule has 0 N–H and O–H groups in total. The molecule has 0 unspecified atom stereocenters. The van der Waals surface area contributed by atoms with Crippen LogP contribution < -0.4 is 0 Å². The smallest absolute Gasteiger partial charge is 0.330 e. The molecule has 0 saturated carbocycles. The van der Waals surface area contributed by atoms with Crippen LogP contribution in [0.2, 0.25) is 0 Å². The van der Waals surface area contributed by atoms with Crippen LogP contribution in [-0.2, 0) is 14.3 Å². The van der Waals surface area contributed by atoms with Gasteiger partial charge in [0.2, 0.25) is 0 Å². The fourth-order valence-electron chi connectivity index (χ4n) is 0.698. The van der Waals surface area contributed by atoms with Gasteiger partial charge in [-0.25, -0.2) is 4.79 Å². The van der Waals surface area contributed by atoms with Crippen LogP contribution in [0.3, 0.4) is 0 Å². The van der Waals surface area contributed by atoms with Gasteiger partial charge in [-0.3, -0.25) is 0 Å². The first kappa shape index (κ1) is 10.6. The lowest BCUT2D eigenvalue weighted by Crippen LogP contribution is -2.16. The first-order valence-electron chi connectivity index (χ1n) is 3.62. The van der Waals surface area contributed by atoms with E-state index in [0.29, 0.717) is 12.7 Å². The highest BCUT2D eigenvalue weighted by atomic mass is 16.5. The number of aldehydes is 1. The first-order valence-corrected chi connectivity index (χ1v) is 3.62. The second-order valence-corrected chi connectivity index (χ2v) is 2.19. The predicted molar refractivity (Wildman–Crippen MR) is 45.6 cm³/mol. The van der Waals surface area contributed by atoms with Crippen LogP contribution in [0, 0.1) is 0 Å². The van der Waals surface area contributed by atoms with Gasteiger partial charge >= 0.3 is 5.97 Å². The van der Waals surface area contributed by atoms with Gasteiger partial charge in [-0.1, -0.05) is 12.7 Å². The normalized spacial score (nSPS) is 11.3. The minimum atomic E-state index is -0.510. The van der Waals surface area contributed by atoms with Crippen LogP contribution in [0.1, 0.15) is 12.8 Å². The Morgan fingerprint density at radius 1 is 1.42 bits per heavy atom. The molecular formula is C9H12O3. The van der Waals surface area contributed by atoms with Gasteiger partial charge in [0.25, 0.3) is 0 Å². The Morgan fingerprint density at radius 3 is 2.50 bits per heavy atom. The van der Waals surface area contributed by atoms with E-state index in [1.54, 1.807) is 6.08 Å². The van der Waals surface area contributed by atoms with Crippen LogP contribution in [0.15, 0.2) is 25.3 Å². The first-order chi connectivity index (χ1) is 5.74. The molecule has 12 heavy (non-hydrogen) atoms. The Balaban J connectivity index is 3.91. The van der Waals surface area contributed by atoms with Crippen LogP contribution in [0.4, 0.5) is 0 Å². The predicted octanol–water partition coefficient (Wildman–Crippen LogP) is 1.25. The van der Waals surface area contributed by atoms with Gasteiger partial charge in [-0.05, 0) is 0 Å². The third kappa shape index (κ3) is 4.44. The van der Waals surface area contributed by atoms with E-state index in [1.807, 2.05) is 0 Å². The third-order valence-electron chi connectivity index (χ3n) is 1.24. The molecule has 0 bridgehead atoms. The van der Waals surface area contributed by atoms with Crippen molar-refractivity contribution in [3.05, 3.63) is 25.3 Å². The highest BCUT2D eigenvalue weighted by Gasteiger charge is 2.09. The summed E-state index contributed by atoms with van der Waals surface area (Å²) in [7, 11) is 0.